The Morgan fingerprint density at radius 2 is 1.68 bits per heavy atom. The molecule has 1 unspecified atom stereocenters. The summed E-state index contributed by atoms with van der Waals surface area (Å²) in [6.07, 6.45) is -0.395. The number of hydrogen-bond donors (Lipinski definition) is 1. The molecule has 1 heterocycles. The first-order valence-corrected chi connectivity index (χ1v) is 11.0. The predicted octanol–water partition coefficient (Wildman–Crippen LogP) is 3.90. The van der Waals surface area contributed by atoms with Crippen molar-refractivity contribution in [3.63, 3.8) is 0 Å². The van der Waals surface area contributed by atoms with Gasteiger partial charge in [0.1, 0.15) is 12.4 Å². The first-order chi connectivity index (χ1) is 16.4. The summed E-state index contributed by atoms with van der Waals surface area (Å²) in [5.41, 5.74) is 0.453. The highest BCUT2D eigenvalue weighted by Crippen LogP contribution is 2.43. The number of carbonyl (C=O) groups excluding carboxylic acids is 2. The molecule has 0 aliphatic carbocycles. The zero-order valence-corrected chi connectivity index (χ0v) is 19.4. The molecular formula is C27H27NO6. The molecule has 0 bridgehead atoms. The number of amides is 1. The quantitative estimate of drug-likeness (QED) is 0.487. The molecule has 1 aliphatic heterocycles. The number of rotatable bonds is 9. The van der Waals surface area contributed by atoms with E-state index >= 15 is 0 Å². The Hall–Kier alpha value is -3.84. The molecule has 1 aliphatic rings. The lowest BCUT2D eigenvalue weighted by atomic mass is 9.88. The third-order valence-corrected chi connectivity index (χ3v) is 5.97. The second kappa shape index (κ2) is 9.57. The standard InChI is InChI=1S/C27H27NO6/c1-18-8-11-20(12-9-18)34-15-14-28-22-7-5-4-6-21(22)27(31,26(28)30)17-23(29)19-10-13-24(32-2)25(16-19)33-3/h4-13,16,31H,14-15,17H2,1-3H3. The Morgan fingerprint density at radius 3 is 2.38 bits per heavy atom. The van der Waals surface area contributed by atoms with Crippen LogP contribution in [-0.2, 0) is 10.4 Å². The molecule has 34 heavy (non-hydrogen) atoms. The van der Waals surface area contributed by atoms with E-state index in [4.69, 9.17) is 14.2 Å². The van der Waals surface area contributed by atoms with Crippen LogP contribution in [-0.4, -0.2) is 44.2 Å². The van der Waals surface area contributed by atoms with Crippen molar-refractivity contribution >= 4 is 17.4 Å². The van der Waals surface area contributed by atoms with Crippen LogP contribution in [0.5, 0.6) is 17.2 Å². The highest BCUT2D eigenvalue weighted by molar-refractivity contribution is 6.10. The topological polar surface area (TPSA) is 85.3 Å². The van der Waals surface area contributed by atoms with E-state index in [0.717, 1.165) is 5.56 Å². The Labute approximate surface area is 198 Å². The van der Waals surface area contributed by atoms with Gasteiger partial charge in [-0.25, -0.2) is 0 Å². The molecule has 0 fully saturated rings. The summed E-state index contributed by atoms with van der Waals surface area (Å²) in [6.45, 7) is 2.47. The summed E-state index contributed by atoms with van der Waals surface area (Å²) in [7, 11) is 2.99. The van der Waals surface area contributed by atoms with Crippen molar-refractivity contribution in [3.05, 3.63) is 83.4 Å². The number of methoxy groups -OCH3 is 2. The minimum Gasteiger partial charge on any atom is -0.493 e. The third-order valence-electron chi connectivity index (χ3n) is 5.97. The van der Waals surface area contributed by atoms with E-state index in [2.05, 4.69) is 0 Å². The summed E-state index contributed by atoms with van der Waals surface area (Å²) in [6, 6.07) is 19.4. The highest BCUT2D eigenvalue weighted by atomic mass is 16.5. The zero-order chi connectivity index (χ0) is 24.3. The van der Waals surface area contributed by atoms with Crippen LogP contribution in [0.1, 0.15) is 27.9 Å². The number of ether oxygens (including phenoxy) is 3. The van der Waals surface area contributed by atoms with Gasteiger partial charge in [-0.3, -0.25) is 9.59 Å². The predicted molar refractivity (Wildman–Crippen MR) is 128 cm³/mol. The lowest BCUT2D eigenvalue weighted by Gasteiger charge is -2.23. The van der Waals surface area contributed by atoms with Gasteiger partial charge in [-0.15, -0.1) is 0 Å². The second-order valence-corrected chi connectivity index (χ2v) is 8.17. The SMILES string of the molecule is COc1ccc(C(=O)CC2(O)C(=O)N(CCOc3ccc(C)cc3)c3ccccc32)cc1OC. The number of nitrogens with zero attached hydrogens (tertiary/aromatic N) is 1. The van der Waals surface area contributed by atoms with Gasteiger partial charge in [0, 0.05) is 11.1 Å². The minimum absolute atomic E-state index is 0.233. The van der Waals surface area contributed by atoms with E-state index in [-0.39, 0.29) is 18.9 Å². The van der Waals surface area contributed by atoms with Gasteiger partial charge < -0.3 is 24.2 Å². The number of benzene rings is 3. The van der Waals surface area contributed by atoms with Crippen molar-refractivity contribution in [2.45, 2.75) is 18.9 Å². The summed E-state index contributed by atoms with van der Waals surface area (Å²) in [5, 5.41) is 11.5. The van der Waals surface area contributed by atoms with E-state index < -0.39 is 17.9 Å². The maximum absolute atomic E-state index is 13.4. The van der Waals surface area contributed by atoms with E-state index in [1.165, 1.54) is 19.1 Å². The van der Waals surface area contributed by atoms with Crippen molar-refractivity contribution in [1.82, 2.24) is 0 Å². The molecule has 7 nitrogen and oxygen atoms in total. The van der Waals surface area contributed by atoms with E-state index in [9.17, 15) is 14.7 Å². The van der Waals surface area contributed by atoms with Crippen molar-refractivity contribution in [2.75, 3.05) is 32.3 Å². The molecule has 7 heteroatoms. The van der Waals surface area contributed by atoms with Gasteiger partial charge in [0.25, 0.3) is 5.91 Å². The minimum atomic E-state index is -1.97. The van der Waals surface area contributed by atoms with Gasteiger partial charge in [0.2, 0.25) is 0 Å². The van der Waals surface area contributed by atoms with Crippen LogP contribution >= 0.6 is 0 Å². The maximum atomic E-state index is 13.4. The Kier molecular flexibility index (Phi) is 6.56. The number of para-hydroxylation sites is 1. The Morgan fingerprint density at radius 1 is 0.971 bits per heavy atom. The first kappa shape index (κ1) is 23.3. The van der Waals surface area contributed by atoms with Crippen LogP contribution in [0.3, 0.4) is 0 Å². The van der Waals surface area contributed by atoms with Crippen LogP contribution < -0.4 is 19.1 Å². The molecular weight excluding hydrogens is 434 g/mol. The molecule has 1 atom stereocenters. The Balaban J connectivity index is 1.54. The fourth-order valence-electron chi connectivity index (χ4n) is 4.13. The molecule has 4 rings (SSSR count). The summed E-state index contributed by atoms with van der Waals surface area (Å²) >= 11 is 0. The van der Waals surface area contributed by atoms with Gasteiger partial charge in [-0.1, -0.05) is 35.9 Å². The average Bonchev–Trinajstić information content (AvgIpc) is 3.06. The van der Waals surface area contributed by atoms with Gasteiger partial charge in [-0.05, 0) is 43.3 Å². The largest absolute Gasteiger partial charge is 0.493 e. The van der Waals surface area contributed by atoms with Crippen LogP contribution in [0.2, 0.25) is 0 Å². The first-order valence-electron chi connectivity index (χ1n) is 11.0. The van der Waals surface area contributed by atoms with Gasteiger partial charge >= 0.3 is 0 Å². The maximum Gasteiger partial charge on any atom is 0.264 e. The van der Waals surface area contributed by atoms with Crippen molar-refractivity contribution in [1.29, 1.82) is 0 Å². The number of aryl methyl sites for hydroxylation is 1. The smallest absolute Gasteiger partial charge is 0.264 e. The van der Waals surface area contributed by atoms with Gasteiger partial charge in [-0.2, -0.15) is 0 Å². The van der Waals surface area contributed by atoms with Gasteiger partial charge in [0.05, 0.1) is 32.9 Å². The number of aliphatic hydroxyl groups is 1. The molecule has 1 amide bonds. The summed E-state index contributed by atoms with van der Waals surface area (Å²) in [4.78, 5) is 28.0. The van der Waals surface area contributed by atoms with E-state index in [1.54, 1.807) is 42.5 Å². The molecule has 0 aromatic heterocycles. The van der Waals surface area contributed by atoms with Crippen molar-refractivity contribution in [3.8, 4) is 17.2 Å². The number of Topliss-reactive ketones (excluding diaryl/α,β-unsaturated/α-hetero) is 1. The monoisotopic (exact) mass is 461 g/mol. The summed E-state index contributed by atoms with van der Waals surface area (Å²) < 4.78 is 16.3. The highest BCUT2D eigenvalue weighted by Gasteiger charge is 2.50. The number of anilines is 1. The Bertz CT molecular complexity index is 1210. The molecule has 0 saturated heterocycles. The third kappa shape index (κ3) is 4.34. The fraction of sp³-hybridized carbons (Fsp3) is 0.259. The number of fused-ring (bicyclic) bond motifs is 1. The summed E-state index contributed by atoms with van der Waals surface area (Å²) in [5.74, 6) is 0.650. The fourth-order valence-corrected chi connectivity index (χ4v) is 4.13. The lowest BCUT2D eigenvalue weighted by molar-refractivity contribution is -0.135. The van der Waals surface area contributed by atoms with Crippen molar-refractivity contribution < 1.29 is 28.9 Å². The normalized spacial score (nSPS) is 16.8. The van der Waals surface area contributed by atoms with E-state index in [1.807, 2.05) is 31.2 Å². The number of ketones is 1. The van der Waals surface area contributed by atoms with Crippen LogP contribution in [0.25, 0.3) is 0 Å². The molecule has 176 valence electrons. The molecule has 0 spiro atoms. The van der Waals surface area contributed by atoms with Gasteiger partial charge in [0.15, 0.2) is 22.9 Å². The van der Waals surface area contributed by atoms with Crippen LogP contribution in [0.15, 0.2) is 66.7 Å². The average molecular weight is 462 g/mol. The van der Waals surface area contributed by atoms with Crippen LogP contribution in [0, 0.1) is 6.92 Å². The molecule has 0 radical (unpaired) electrons. The number of hydrogen-bond acceptors (Lipinski definition) is 6. The zero-order valence-electron chi connectivity index (χ0n) is 19.4. The van der Waals surface area contributed by atoms with Crippen molar-refractivity contribution in [2.24, 2.45) is 0 Å². The van der Waals surface area contributed by atoms with E-state index in [0.29, 0.717) is 34.1 Å². The molecule has 0 saturated carbocycles. The molecule has 3 aromatic rings. The molecule has 3 aromatic carbocycles. The number of carbonyl (C=O) groups is 2. The van der Waals surface area contributed by atoms with Crippen LogP contribution in [0.4, 0.5) is 5.69 Å². The molecule has 1 N–H and O–H groups in total. The lowest BCUT2D eigenvalue weighted by Crippen LogP contribution is -2.43. The second-order valence-electron chi connectivity index (χ2n) is 8.17.